The van der Waals surface area contributed by atoms with Gasteiger partial charge in [0, 0.05) is 13.1 Å². The molecule has 1 unspecified atom stereocenters. The number of halogens is 1. The second-order valence-corrected chi connectivity index (χ2v) is 5.48. The maximum absolute atomic E-state index is 12.3. The molecule has 1 amide bonds. The van der Waals surface area contributed by atoms with Gasteiger partial charge in [-0.1, -0.05) is 28.9 Å². The molecule has 8 heteroatoms. The van der Waals surface area contributed by atoms with Crippen molar-refractivity contribution in [3.8, 4) is 5.69 Å². The summed E-state index contributed by atoms with van der Waals surface area (Å²) in [5, 5.41) is 17.3. The van der Waals surface area contributed by atoms with Crippen molar-refractivity contribution >= 4 is 23.5 Å². The molecule has 0 aliphatic carbocycles. The van der Waals surface area contributed by atoms with Gasteiger partial charge in [-0.05, 0) is 18.6 Å². The van der Waals surface area contributed by atoms with Gasteiger partial charge in [0.15, 0.2) is 5.69 Å². The number of hydrogen-bond donors (Lipinski definition) is 1. The first-order valence-electron chi connectivity index (χ1n) is 6.75. The SMILES string of the molecule is O=C(O)C1CCN(C(=O)c2cn(-c3ccccc3Cl)nn2)C1. The fourth-order valence-corrected chi connectivity index (χ4v) is 2.65. The van der Waals surface area contributed by atoms with Crippen LogP contribution in [0.15, 0.2) is 30.5 Å². The molecule has 0 bridgehead atoms. The molecule has 2 heterocycles. The Morgan fingerprint density at radius 2 is 2.09 bits per heavy atom. The first-order valence-corrected chi connectivity index (χ1v) is 7.13. The number of nitrogens with zero attached hydrogens (tertiary/aromatic N) is 4. The normalized spacial score (nSPS) is 17.7. The monoisotopic (exact) mass is 320 g/mol. The highest BCUT2D eigenvalue weighted by atomic mass is 35.5. The van der Waals surface area contributed by atoms with Crippen molar-refractivity contribution < 1.29 is 14.7 Å². The molecule has 0 spiro atoms. The number of hydrogen-bond acceptors (Lipinski definition) is 4. The Morgan fingerprint density at radius 3 is 2.77 bits per heavy atom. The molecule has 1 aliphatic heterocycles. The van der Waals surface area contributed by atoms with Crippen molar-refractivity contribution in [1.82, 2.24) is 19.9 Å². The van der Waals surface area contributed by atoms with Crippen LogP contribution < -0.4 is 0 Å². The molecule has 3 rings (SSSR count). The first-order chi connectivity index (χ1) is 10.6. The van der Waals surface area contributed by atoms with Crippen LogP contribution in [0.25, 0.3) is 5.69 Å². The summed E-state index contributed by atoms with van der Waals surface area (Å²) in [4.78, 5) is 24.8. The highest BCUT2D eigenvalue weighted by molar-refractivity contribution is 6.32. The summed E-state index contributed by atoms with van der Waals surface area (Å²) in [6.45, 7) is 0.613. The van der Waals surface area contributed by atoms with E-state index < -0.39 is 11.9 Å². The Balaban J connectivity index is 1.78. The summed E-state index contributed by atoms with van der Waals surface area (Å²) >= 11 is 6.08. The fraction of sp³-hybridized carbons (Fsp3) is 0.286. The van der Waals surface area contributed by atoms with E-state index in [0.29, 0.717) is 23.7 Å². The van der Waals surface area contributed by atoms with Gasteiger partial charge in [-0.2, -0.15) is 0 Å². The number of carboxylic acid groups (broad SMARTS) is 1. The Morgan fingerprint density at radius 1 is 1.32 bits per heavy atom. The summed E-state index contributed by atoms with van der Waals surface area (Å²) in [5.41, 5.74) is 0.798. The maximum Gasteiger partial charge on any atom is 0.308 e. The van der Waals surface area contributed by atoms with Crippen LogP contribution in [0, 0.1) is 5.92 Å². The minimum Gasteiger partial charge on any atom is -0.481 e. The van der Waals surface area contributed by atoms with Crippen LogP contribution in [0.4, 0.5) is 0 Å². The van der Waals surface area contributed by atoms with Gasteiger partial charge in [0.2, 0.25) is 0 Å². The van der Waals surface area contributed by atoms with Crippen LogP contribution in [0.3, 0.4) is 0 Å². The lowest BCUT2D eigenvalue weighted by molar-refractivity contribution is -0.141. The molecular weight excluding hydrogens is 308 g/mol. The van der Waals surface area contributed by atoms with E-state index in [2.05, 4.69) is 10.3 Å². The average Bonchev–Trinajstić information content (AvgIpc) is 3.17. The standard InChI is InChI=1S/C14H13ClN4O3/c15-10-3-1-2-4-12(10)19-8-11(16-17-19)13(20)18-6-5-9(7-18)14(21)22/h1-4,8-9H,5-7H2,(H,21,22). The van der Waals surface area contributed by atoms with Gasteiger partial charge < -0.3 is 10.0 Å². The van der Waals surface area contributed by atoms with Crippen LogP contribution in [-0.2, 0) is 4.79 Å². The molecule has 0 saturated carbocycles. The smallest absolute Gasteiger partial charge is 0.308 e. The van der Waals surface area contributed by atoms with Gasteiger partial charge in [-0.3, -0.25) is 9.59 Å². The van der Waals surface area contributed by atoms with Crippen molar-refractivity contribution in [1.29, 1.82) is 0 Å². The van der Waals surface area contributed by atoms with E-state index in [0.717, 1.165) is 0 Å². The minimum atomic E-state index is -0.880. The molecule has 1 aromatic heterocycles. The molecule has 1 saturated heterocycles. The molecule has 1 atom stereocenters. The highest BCUT2D eigenvalue weighted by Gasteiger charge is 2.32. The number of para-hydroxylation sites is 1. The van der Waals surface area contributed by atoms with Gasteiger partial charge in [0.25, 0.3) is 5.91 Å². The van der Waals surface area contributed by atoms with E-state index >= 15 is 0 Å². The lowest BCUT2D eigenvalue weighted by Gasteiger charge is -2.13. The van der Waals surface area contributed by atoms with Crippen LogP contribution in [-0.4, -0.2) is 50.0 Å². The number of amides is 1. The molecule has 0 radical (unpaired) electrons. The van der Waals surface area contributed by atoms with E-state index in [4.69, 9.17) is 16.7 Å². The van der Waals surface area contributed by atoms with Crippen molar-refractivity contribution in [2.75, 3.05) is 13.1 Å². The first kappa shape index (κ1) is 14.5. The summed E-state index contributed by atoms with van der Waals surface area (Å²) in [6, 6.07) is 7.09. The van der Waals surface area contributed by atoms with Crippen molar-refractivity contribution in [3.63, 3.8) is 0 Å². The number of carbonyl (C=O) groups excluding carboxylic acids is 1. The molecule has 1 aromatic carbocycles. The zero-order chi connectivity index (χ0) is 15.7. The molecule has 7 nitrogen and oxygen atoms in total. The van der Waals surface area contributed by atoms with Gasteiger partial charge in [-0.25, -0.2) is 4.68 Å². The van der Waals surface area contributed by atoms with Crippen LogP contribution in [0.2, 0.25) is 5.02 Å². The summed E-state index contributed by atoms with van der Waals surface area (Å²) in [5.74, 6) is -1.71. The molecule has 114 valence electrons. The molecular formula is C14H13ClN4O3. The number of aliphatic carboxylic acids is 1. The van der Waals surface area contributed by atoms with Gasteiger partial charge in [0.1, 0.15) is 0 Å². The predicted molar refractivity (Wildman–Crippen MR) is 78.0 cm³/mol. The molecule has 1 fully saturated rings. The summed E-state index contributed by atoms with van der Waals surface area (Å²) < 4.78 is 1.43. The zero-order valence-electron chi connectivity index (χ0n) is 11.5. The van der Waals surface area contributed by atoms with Gasteiger partial charge in [-0.15, -0.1) is 5.10 Å². The fourth-order valence-electron chi connectivity index (χ4n) is 2.43. The van der Waals surface area contributed by atoms with E-state index in [9.17, 15) is 9.59 Å². The highest BCUT2D eigenvalue weighted by Crippen LogP contribution is 2.21. The molecule has 1 aliphatic rings. The van der Waals surface area contributed by atoms with Crippen LogP contribution in [0.1, 0.15) is 16.9 Å². The van der Waals surface area contributed by atoms with E-state index in [-0.39, 0.29) is 18.1 Å². The third-order valence-electron chi connectivity index (χ3n) is 3.64. The Kier molecular flexibility index (Phi) is 3.81. The molecule has 22 heavy (non-hydrogen) atoms. The second-order valence-electron chi connectivity index (χ2n) is 5.07. The third-order valence-corrected chi connectivity index (χ3v) is 3.96. The van der Waals surface area contributed by atoms with Crippen molar-refractivity contribution in [3.05, 3.63) is 41.2 Å². The van der Waals surface area contributed by atoms with Crippen molar-refractivity contribution in [2.45, 2.75) is 6.42 Å². The topological polar surface area (TPSA) is 88.3 Å². The second kappa shape index (κ2) is 5.76. The number of aromatic nitrogens is 3. The number of carboxylic acids is 1. The number of carbonyl (C=O) groups is 2. The largest absolute Gasteiger partial charge is 0.481 e. The summed E-state index contributed by atoms with van der Waals surface area (Å²) in [6.07, 6.45) is 1.96. The molecule has 2 aromatic rings. The lowest BCUT2D eigenvalue weighted by atomic mass is 10.1. The summed E-state index contributed by atoms with van der Waals surface area (Å²) in [7, 11) is 0. The number of likely N-dealkylation sites (tertiary alicyclic amines) is 1. The van der Waals surface area contributed by atoms with Crippen molar-refractivity contribution in [2.24, 2.45) is 5.92 Å². The minimum absolute atomic E-state index is 0.172. The van der Waals surface area contributed by atoms with E-state index in [1.165, 1.54) is 15.8 Å². The van der Waals surface area contributed by atoms with Crippen LogP contribution in [0.5, 0.6) is 0 Å². The number of benzene rings is 1. The van der Waals surface area contributed by atoms with E-state index in [1.54, 1.807) is 18.2 Å². The van der Waals surface area contributed by atoms with E-state index in [1.807, 2.05) is 6.07 Å². The lowest BCUT2D eigenvalue weighted by Crippen LogP contribution is -2.30. The Labute approximate surface area is 131 Å². The zero-order valence-corrected chi connectivity index (χ0v) is 12.3. The average molecular weight is 321 g/mol. The van der Waals surface area contributed by atoms with Gasteiger partial charge >= 0.3 is 5.97 Å². The quantitative estimate of drug-likeness (QED) is 0.925. The number of rotatable bonds is 3. The molecule has 1 N–H and O–H groups in total. The Hall–Kier alpha value is -2.41. The maximum atomic E-state index is 12.3. The third kappa shape index (κ3) is 2.67. The predicted octanol–water partition coefficient (Wildman–Crippen LogP) is 1.47. The van der Waals surface area contributed by atoms with Gasteiger partial charge in [0.05, 0.1) is 22.8 Å². The Bertz CT molecular complexity index is 730. The van der Waals surface area contributed by atoms with Crippen LogP contribution >= 0.6 is 11.6 Å².